The first-order valence-corrected chi connectivity index (χ1v) is 15.1. The van der Waals surface area contributed by atoms with Gasteiger partial charge in [-0.1, -0.05) is 121 Å². The van der Waals surface area contributed by atoms with Gasteiger partial charge < -0.3 is 4.74 Å². The van der Waals surface area contributed by atoms with Crippen LogP contribution in [0.1, 0.15) is 17.0 Å². The van der Waals surface area contributed by atoms with Gasteiger partial charge in [0.15, 0.2) is 0 Å². The molecule has 8 aromatic carbocycles. The number of fused-ring (bicyclic) bond motifs is 6. The van der Waals surface area contributed by atoms with Gasteiger partial charge in [0.05, 0.1) is 0 Å². The maximum Gasteiger partial charge on any atom is 0.128 e. The molecule has 0 spiro atoms. The highest BCUT2D eigenvalue weighted by atomic mass is 16.5. The van der Waals surface area contributed by atoms with Crippen molar-refractivity contribution in [3.63, 3.8) is 0 Å². The van der Waals surface area contributed by atoms with Crippen molar-refractivity contribution >= 4 is 59.4 Å². The standard InChI is InChI=1S/C42H26O/c1-2-9-31-28(6-1)22-36(34-11-4-3-10-33(31)34)30-17-21-40-38(24-30)37-23-29(16-20-39(37)43-40)32-18-14-27-13-12-25-7-5-8-26-15-19-35(32)42(27)41(25)26/h1-24,37,39H. The summed E-state index contributed by atoms with van der Waals surface area (Å²) in [5.41, 5.74) is 6.31. The monoisotopic (exact) mass is 546 g/mol. The van der Waals surface area contributed by atoms with E-state index in [-0.39, 0.29) is 12.0 Å². The first-order chi connectivity index (χ1) is 21.3. The molecule has 43 heavy (non-hydrogen) atoms. The van der Waals surface area contributed by atoms with Gasteiger partial charge in [0, 0.05) is 11.5 Å². The van der Waals surface area contributed by atoms with Gasteiger partial charge in [0.1, 0.15) is 11.9 Å². The molecule has 0 bridgehead atoms. The number of rotatable bonds is 2. The molecule has 2 atom stereocenters. The van der Waals surface area contributed by atoms with Crippen molar-refractivity contribution in [2.45, 2.75) is 12.0 Å². The Morgan fingerprint density at radius 3 is 2.09 bits per heavy atom. The second-order valence-electron chi connectivity index (χ2n) is 12.0. The zero-order valence-electron chi connectivity index (χ0n) is 23.4. The molecule has 0 aromatic heterocycles. The average Bonchev–Trinajstić information content (AvgIpc) is 3.44. The first-order valence-electron chi connectivity index (χ1n) is 15.1. The van der Waals surface area contributed by atoms with E-state index in [9.17, 15) is 0 Å². The van der Waals surface area contributed by atoms with Crippen molar-refractivity contribution in [3.8, 4) is 16.9 Å². The van der Waals surface area contributed by atoms with Crippen LogP contribution in [0.2, 0.25) is 0 Å². The third-order valence-corrected chi connectivity index (χ3v) is 9.73. The lowest BCUT2D eigenvalue weighted by Gasteiger charge is -2.21. The van der Waals surface area contributed by atoms with E-state index in [2.05, 4.69) is 146 Å². The number of benzene rings is 8. The van der Waals surface area contributed by atoms with Crippen molar-refractivity contribution in [2.75, 3.05) is 0 Å². The van der Waals surface area contributed by atoms with Crippen molar-refractivity contribution in [1.82, 2.24) is 0 Å². The SMILES string of the molecule is C1=CC2Oc3ccc(-c4cc5ccccc5c5ccccc45)cc3C2C=C1c1ccc2ccc3cccc4ccc1c2c34. The molecule has 0 saturated heterocycles. The summed E-state index contributed by atoms with van der Waals surface area (Å²) >= 11 is 0. The van der Waals surface area contributed by atoms with Gasteiger partial charge in [-0.3, -0.25) is 0 Å². The minimum atomic E-state index is 0.0159. The van der Waals surface area contributed by atoms with E-state index >= 15 is 0 Å². The molecule has 200 valence electrons. The molecule has 0 amide bonds. The predicted octanol–water partition coefficient (Wildman–Crippen LogP) is 11.1. The zero-order chi connectivity index (χ0) is 28.1. The molecule has 1 heteroatoms. The van der Waals surface area contributed by atoms with Crippen LogP contribution >= 0.6 is 0 Å². The molecule has 0 N–H and O–H groups in total. The Morgan fingerprint density at radius 2 is 1.21 bits per heavy atom. The van der Waals surface area contributed by atoms with Gasteiger partial charge in [-0.2, -0.15) is 0 Å². The van der Waals surface area contributed by atoms with Crippen molar-refractivity contribution < 1.29 is 4.74 Å². The van der Waals surface area contributed by atoms with Gasteiger partial charge >= 0.3 is 0 Å². The molecular formula is C42H26O. The first kappa shape index (κ1) is 23.2. The maximum atomic E-state index is 6.49. The number of hydrogen-bond donors (Lipinski definition) is 0. The Labute approximate surface area is 249 Å². The summed E-state index contributed by atoms with van der Waals surface area (Å²) in [6, 6.07) is 46.9. The average molecular weight is 547 g/mol. The van der Waals surface area contributed by atoms with Crippen LogP contribution in [0, 0.1) is 0 Å². The van der Waals surface area contributed by atoms with E-state index in [1.807, 2.05) is 0 Å². The molecule has 1 aliphatic carbocycles. The third-order valence-electron chi connectivity index (χ3n) is 9.73. The molecule has 0 saturated carbocycles. The molecule has 1 aliphatic heterocycles. The van der Waals surface area contributed by atoms with Crippen LogP contribution in [-0.4, -0.2) is 6.10 Å². The quantitative estimate of drug-likeness (QED) is 0.196. The maximum absolute atomic E-state index is 6.49. The number of hydrogen-bond acceptors (Lipinski definition) is 1. The van der Waals surface area contributed by atoms with Crippen LogP contribution in [-0.2, 0) is 0 Å². The molecule has 8 aromatic rings. The predicted molar refractivity (Wildman–Crippen MR) is 181 cm³/mol. The summed E-state index contributed by atoms with van der Waals surface area (Å²) in [4.78, 5) is 0. The van der Waals surface area contributed by atoms with E-state index in [0.29, 0.717) is 0 Å². The van der Waals surface area contributed by atoms with Crippen LogP contribution in [0.15, 0.2) is 146 Å². The molecule has 2 unspecified atom stereocenters. The van der Waals surface area contributed by atoms with Gasteiger partial charge in [-0.15, -0.1) is 0 Å². The van der Waals surface area contributed by atoms with Crippen LogP contribution < -0.4 is 4.74 Å². The lowest BCUT2D eigenvalue weighted by atomic mass is 9.83. The Bertz CT molecular complexity index is 2480. The van der Waals surface area contributed by atoms with Gasteiger partial charge in [0.25, 0.3) is 0 Å². The normalized spacial score (nSPS) is 17.5. The molecular weight excluding hydrogens is 520 g/mol. The highest BCUT2D eigenvalue weighted by molar-refractivity contribution is 6.24. The fraction of sp³-hybridized carbons (Fsp3) is 0.0476. The van der Waals surface area contributed by atoms with Crippen LogP contribution in [0.3, 0.4) is 0 Å². The number of ether oxygens (including phenoxy) is 1. The molecule has 1 nitrogen and oxygen atoms in total. The van der Waals surface area contributed by atoms with Crippen LogP contribution in [0.4, 0.5) is 0 Å². The molecule has 2 aliphatic rings. The summed E-state index contributed by atoms with van der Waals surface area (Å²) in [5.74, 6) is 1.15. The van der Waals surface area contributed by atoms with Crippen LogP contribution in [0.25, 0.3) is 70.6 Å². The summed E-state index contributed by atoms with van der Waals surface area (Å²) in [5, 5.41) is 13.1. The Balaban J connectivity index is 1.13. The Morgan fingerprint density at radius 1 is 0.488 bits per heavy atom. The third kappa shape index (κ3) is 3.28. The molecule has 10 rings (SSSR count). The largest absolute Gasteiger partial charge is 0.485 e. The second-order valence-corrected chi connectivity index (χ2v) is 12.0. The van der Waals surface area contributed by atoms with Gasteiger partial charge in [-0.25, -0.2) is 0 Å². The Hall–Kier alpha value is -5.40. The van der Waals surface area contributed by atoms with E-state index in [1.54, 1.807) is 0 Å². The zero-order valence-corrected chi connectivity index (χ0v) is 23.4. The molecule has 0 fully saturated rings. The van der Waals surface area contributed by atoms with E-state index in [1.165, 1.54) is 81.7 Å². The summed E-state index contributed by atoms with van der Waals surface area (Å²) in [7, 11) is 0. The Kier molecular flexibility index (Phi) is 4.62. The van der Waals surface area contributed by atoms with Crippen molar-refractivity contribution in [1.29, 1.82) is 0 Å². The van der Waals surface area contributed by atoms with E-state index in [0.717, 1.165) is 5.75 Å². The van der Waals surface area contributed by atoms with E-state index in [4.69, 9.17) is 4.74 Å². The number of allylic oxidation sites excluding steroid dienone is 2. The van der Waals surface area contributed by atoms with Crippen LogP contribution in [0.5, 0.6) is 5.75 Å². The highest BCUT2D eigenvalue weighted by Gasteiger charge is 2.34. The van der Waals surface area contributed by atoms with E-state index < -0.39 is 0 Å². The topological polar surface area (TPSA) is 9.23 Å². The molecule has 1 heterocycles. The highest BCUT2D eigenvalue weighted by Crippen LogP contribution is 2.47. The van der Waals surface area contributed by atoms with Crippen molar-refractivity contribution in [3.05, 3.63) is 157 Å². The minimum Gasteiger partial charge on any atom is -0.485 e. The van der Waals surface area contributed by atoms with Crippen molar-refractivity contribution in [2.24, 2.45) is 0 Å². The fourth-order valence-electron chi connectivity index (χ4n) is 7.73. The fourth-order valence-corrected chi connectivity index (χ4v) is 7.73. The summed E-state index contributed by atoms with van der Waals surface area (Å²) < 4.78 is 6.49. The summed E-state index contributed by atoms with van der Waals surface area (Å²) in [6.45, 7) is 0. The van der Waals surface area contributed by atoms with Gasteiger partial charge in [-0.05, 0) is 100 Å². The molecule has 0 radical (unpaired) electrons. The lowest BCUT2D eigenvalue weighted by Crippen LogP contribution is -2.17. The van der Waals surface area contributed by atoms with Gasteiger partial charge in [0.2, 0.25) is 0 Å². The summed E-state index contributed by atoms with van der Waals surface area (Å²) in [6.07, 6.45) is 6.97. The minimum absolute atomic E-state index is 0.0159. The smallest absolute Gasteiger partial charge is 0.128 e. The lowest BCUT2D eigenvalue weighted by molar-refractivity contribution is 0.269. The second kappa shape index (κ2) is 8.56.